The van der Waals surface area contributed by atoms with E-state index in [0.717, 1.165) is 41.9 Å². The Bertz CT molecular complexity index is 1200. The van der Waals surface area contributed by atoms with Crippen LogP contribution < -0.4 is 21.1 Å². The molecule has 5 nitrogen and oxygen atoms in total. The van der Waals surface area contributed by atoms with Crippen LogP contribution in [0.3, 0.4) is 0 Å². The van der Waals surface area contributed by atoms with Crippen LogP contribution in [-0.2, 0) is 6.54 Å². The lowest BCUT2D eigenvalue weighted by Gasteiger charge is -2.34. The lowest BCUT2D eigenvalue weighted by molar-refractivity contribution is 0.295. The van der Waals surface area contributed by atoms with Gasteiger partial charge in [0.05, 0.1) is 0 Å². The summed E-state index contributed by atoms with van der Waals surface area (Å²) in [5.74, 6) is 0.0250. The third kappa shape index (κ3) is 3.98. The molecule has 1 heterocycles. The van der Waals surface area contributed by atoms with Gasteiger partial charge in [0.2, 0.25) is 0 Å². The lowest BCUT2D eigenvalue weighted by Crippen LogP contribution is -2.41. The van der Waals surface area contributed by atoms with Crippen molar-refractivity contribution in [2.24, 2.45) is 0 Å². The van der Waals surface area contributed by atoms with Gasteiger partial charge in [-0.3, -0.25) is 9.59 Å². The maximum atomic E-state index is 12.4. The molecule has 1 atom stereocenters. The van der Waals surface area contributed by atoms with Gasteiger partial charge in [0, 0.05) is 48.3 Å². The number of likely N-dealkylation sites (N-methyl/N-ethyl adjacent to an activating group) is 1. The van der Waals surface area contributed by atoms with Gasteiger partial charge in [0.15, 0.2) is 0 Å². The minimum Gasteiger partial charge on any atom is -0.370 e. The Hall–Kier alpha value is -2.34. The predicted molar refractivity (Wildman–Crippen MR) is 129 cm³/mol. The van der Waals surface area contributed by atoms with Crippen molar-refractivity contribution >= 4 is 40.3 Å². The number of benzene rings is 2. The van der Waals surface area contributed by atoms with Crippen molar-refractivity contribution in [1.82, 2.24) is 4.90 Å². The molecular formula is C24H25Cl2N3O2. The summed E-state index contributed by atoms with van der Waals surface area (Å²) < 4.78 is 0. The zero-order valence-electron chi connectivity index (χ0n) is 17.8. The molecule has 0 aromatic heterocycles. The predicted octanol–water partition coefficient (Wildman–Crippen LogP) is 4.76. The van der Waals surface area contributed by atoms with Crippen molar-refractivity contribution in [3.05, 3.63) is 83.6 Å². The summed E-state index contributed by atoms with van der Waals surface area (Å²) in [4.78, 5) is 28.7. The standard InChI is InChI=1S/C24H25Cl2N3O2/c1-4-9-29(3)22-21(23(30)24(22)31)27-20-8-6-5-7-15(20)17-12-28(2)13-18-16(17)10-14(25)11-19(18)26/h5-8,10-11,17,27H,4,9,12-13H2,1-3H3/t17-/m0/s1. The fourth-order valence-electron chi connectivity index (χ4n) is 4.47. The van der Waals surface area contributed by atoms with Gasteiger partial charge < -0.3 is 15.1 Å². The summed E-state index contributed by atoms with van der Waals surface area (Å²) in [5.41, 5.74) is 3.91. The maximum absolute atomic E-state index is 12.4. The molecule has 1 aliphatic heterocycles. The van der Waals surface area contributed by atoms with Crippen LogP contribution in [0, 0.1) is 0 Å². The molecule has 0 spiro atoms. The SMILES string of the molecule is CCCN(C)c1c(Nc2ccccc2[C@@H]2CN(C)Cc3c(Cl)cc(Cl)cc32)c(=O)c1=O. The minimum absolute atomic E-state index is 0.0250. The summed E-state index contributed by atoms with van der Waals surface area (Å²) in [7, 11) is 3.90. The number of anilines is 3. The number of nitrogens with one attached hydrogen (secondary N) is 1. The molecular weight excluding hydrogens is 433 g/mol. The van der Waals surface area contributed by atoms with Crippen LogP contribution in [-0.4, -0.2) is 32.1 Å². The molecule has 1 aliphatic rings. The second-order valence-electron chi connectivity index (χ2n) is 8.22. The Morgan fingerprint density at radius 3 is 2.61 bits per heavy atom. The van der Waals surface area contributed by atoms with Crippen LogP contribution in [0.4, 0.5) is 17.1 Å². The van der Waals surface area contributed by atoms with Gasteiger partial charge in [-0.15, -0.1) is 0 Å². The van der Waals surface area contributed by atoms with Crippen molar-refractivity contribution in [3.63, 3.8) is 0 Å². The molecule has 4 rings (SSSR count). The van der Waals surface area contributed by atoms with Gasteiger partial charge in [-0.25, -0.2) is 0 Å². The molecule has 0 unspecified atom stereocenters. The molecule has 3 aromatic rings. The molecule has 0 fully saturated rings. The number of hydrogen-bond donors (Lipinski definition) is 1. The largest absolute Gasteiger partial charge is 0.370 e. The van der Waals surface area contributed by atoms with Gasteiger partial charge in [-0.1, -0.05) is 48.3 Å². The Morgan fingerprint density at radius 2 is 1.87 bits per heavy atom. The Kier molecular flexibility index (Phi) is 6.11. The molecule has 0 saturated carbocycles. The number of halogens is 2. The zero-order valence-corrected chi connectivity index (χ0v) is 19.3. The van der Waals surface area contributed by atoms with E-state index in [4.69, 9.17) is 23.2 Å². The minimum atomic E-state index is -0.472. The van der Waals surface area contributed by atoms with Gasteiger partial charge in [0.25, 0.3) is 10.9 Å². The first kappa shape index (κ1) is 21.9. The summed E-state index contributed by atoms with van der Waals surface area (Å²) >= 11 is 12.9. The number of hydrogen-bond acceptors (Lipinski definition) is 5. The smallest absolute Gasteiger partial charge is 0.253 e. The number of para-hydroxylation sites is 1. The summed E-state index contributed by atoms with van der Waals surface area (Å²) in [6.07, 6.45) is 0.887. The molecule has 162 valence electrons. The van der Waals surface area contributed by atoms with E-state index < -0.39 is 10.9 Å². The fraction of sp³-hybridized carbons (Fsp3) is 0.333. The van der Waals surface area contributed by atoms with E-state index in [1.54, 1.807) is 6.07 Å². The molecule has 31 heavy (non-hydrogen) atoms. The first-order valence-corrected chi connectivity index (χ1v) is 11.1. The van der Waals surface area contributed by atoms with Crippen molar-refractivity contribution in [1.29, 1.82) is 0 Å². The van der Waals surface area contributed by atoms with E-state index >= 15 is 0 Å². The van der Waals surface area contributed by atoms with Gasteiger partial charge >= 0.3 is 0 Å². The first-order chi connectivity index (χ1) is 14.8. The van der Waals surface area contributed by atoms with Crippen LogP contribution in [0.2, 0.25) is 10.0 Å². The topological polar surface area (TPSA) is 52.6 Å². The molecule has 0 saturated heterocycles. The molecule has 1 N–H and O–H groups in total. The highest BCUT2D eigenvalue weighted by atomic mass is 35.5. The summed E-state index contributed by atoms with van der Waals surface area (Å²) in [5, 5.41) is 4.54. The lowest BCUT2D eigenvalue weighted by atomic mass is 9.84. The molecule has 0 bridgehead atoms. The van der Waals surface area contributed by atoms with E-state index in [9.17, 15) is 9.59 Å². The average molecular weight is 458 g/mol. The van der Waals surface area contributed by atoms with Crippen molar-refractivity contribution in [3.8, 4) is 0 Å². The molecule has 0 aliphatic carbocycles. The summed E-state index contributed by atoms with van der Waals surface area (Å²) in [6.45, 7) is 4.29. The number of fused-ring (bicyclic) bond motifs is 1. The quantitative estimate of drug-likeness (QED) is 0.540. The third-order valence-corrected chi connectivity index (χ3v) is 6.47. The van der Waals surface area contributed by atoms with Crippen LogP contribution >= 0.6 is 23.2 Å². The Morgan fingerprint density at radius 1 is 1.13 bits per heavy atom. The van der Waals surface area contributed by atoms with Crippen LogP contribution in [0.25, 0.3) is 0 Å². The number of nitrogens with zero attached hydrogens (tertiary/aromatic N) is 2. The Labute approximate surface area is 191 Å². The van der Waals surface area contributed by atoms with Crippen molar-refractivity contribution in [2.75, 3.05) is 37.4 Å². The fourth-order valence-corrected chi connectivity index (χ4v) is 5.04. The van der Waals surface area contributed by atoms with Crippen LogP contribution in [0.1, 0.15) is 36.0 Å². The highest BCUT2D eigenvalue weighted by molar-refractivity contribution is 6.35. The van der Waals surface area contributed by atoms with Gasteiger partial charge in [-0.05, 0) is 48.4 Å². The van der Waals surface area contributed by atoms with E-state index in [1.165, 1.54) is 0 Å². The second-order valence-corrected chi connectivity index (χ2v) is 9.06. The van der Waals surface area contributed by atoms with Crippen molar-refractivity contribution in [2.45, 2.75) is 25.8 Å². The normalized spacial score (nSPS) is 16.4. The molecule has 7 heteroatoms. The van der Waals surface area contributed by atoms with Crippen molar-refractivity contribution < 1.29 is 0 Å². The highest BCUT2D eigenvalue weighted by Gasteiger charge is 2.30. The monoisotopic (exact) mass is 457 g/mol. The molecule has 0 amide bonds. The number of rotatable bonds is 6. The molecule has 3 aromatic carbocycles. The maximum Gasteiger partial charge on any atom is 0.253 e. The average Bonchev–Trinajstić information content (AvgIpc) is 2.73. The van der Waals surface area contributed by atoms with E-state index in [-0.39, 0.29) is 5.92 Å². The third-order valence-electron chi connectivity index (χ3n) is 5.91. The first-order valence-electron chi connectivity index (χ1n) is 10.4. The van der Waals surface area contributed by atoms with Gasteiger partial charge in [-0.2, -0.15) is 0 Å². The van der Waals surface area contributed by atoms with E-state index in [1.807, 2.05) is 49.2 Å². The van der Waals surface area contributed by atoms with Crippen LogP contribution in [0.5, 0.6) is 0 Å². The van der Waals surface area contributed by atoms with Crippen LogP contribution in [0.15, 0.2) is 46.0 Å². The second kappa shape index (κ2) is 8.65. The summed E-state index contributed by atoms with van der Waals surface area (Å²) in [6, 6.07) is 11.6. The molecule has 0 radical (unpaired) electrons. The highest BCUT2D eigenvalue weighted by Crippen LogP contribution is 2.41. The van der Waals surface area contributed by atoms with E-state index in [0.29, 0.717) is 28.0 Å². The van der Waals surface area contributed by atoms with Gasteiger partial charge in [0.1, 0.15) is 11.4 Å². The zero-order chi connectivity index (χ0) is 22.3. The Balaban J connectivity index is 1.77. The van der Waals surface area contributed by atoms with E-state index in [2.05, 4.69) is 17.3 Å².